The van der Waals surface area contributed by atoms with E-state index in [1.807, 2.05) is 18.2 Å². The summed E-state index contributed by atoms with van der Waals surface area (Å²) in [5.41, 5.74) is 2.43. The number of rotatable bonds is 4. The topological polar surface area (TPSA) is 46.9 Å². The predicted molar refractivity (Wildman–Crippen MR) is 97.8 cm³/mol. The van der Waals surface area contributed by atoms with Gasteiger partial charge in [-0.3, -0.25) is 9.36 Å². The summed E-state index contributed by atoms with van der Waals surface area (Å²) in [4.78, 5) is 17.0. The number of hydrogen-bond acceptors (Lipinski definition) is 2. The van der Waals surface area contributed by atoms with Crippen LogP contribution >= 0.6 is 0 Å². The van der Waals surface area contributed by atoms with Gasteiger partial charge in [0, 0.05) is 17.6 Å². The van der Waals surface area contributed by atoms with E-state index in [4.69, 9.17) is 0 Å². The Morgan fingerprint density at radius 1 is 1.08 bits per heavy atom. The average Bonchev–Trinajstić information content (AvgIpc) is 3.32. The van der Waals surface area contributed by atoms with Crippen LogP contribution in [0, 0.1) is 5.82 Å². The minimum absolute atomic E-state index is 0.112. The molecule has 1 aliphatic rings. The number of aromatic nitrogens is 2. The zero-order chi connectivity index (χ0) is 17.9. The molecule has 1 heterocycles. The Hall–Kier alpha value is -2.95. The highest BCUT2D eigenvalue weighted by atomic mass is 19.1. The van der Waals surface area contributed by atoms with Crippen LogP contribution in [0.3, 0.4) is 0 Å². The maximum atomic E-state index is 13.2. The number of benzene rings is 2. The Labute approximate surface area is 151 Å². The molecule has 5 heteroatoms. The predicted octanol–water partition coefficient (Wildman–Crippen LogP) is 4.08. The minimum atomic E-state index is -0.309. The van der Waals surface area contributed by atoms with Crippen molar-refractivity contribution in [2.24, 2.45) is 0 Å². The molecule has 1 aromatic heterocycles. The number of hydrogen-bond donors (Lipinski definition) is 1. The van der Waals surface area contributed by atoms with Gasteiger partial charge in [-0.1, -0.05) is 36.8 Å². The molecule has 0 bridgehead atoms. The van der Waals surface area contributed by atoms with Gasteiger partial charge in [0.2, 0.25) is 0 Å². The van der Waals surface area contributed by atoms with Gasteiger partial charge in [-0.15, -0.1) is 0 Å². The van der Waals surface area contributed by atoms with Crippen LogP contribution in [0.5, 0.6) is 0 Å². The number of halogens is 1. The average molecular weight is 349 g/mol. The van der Waals surface area contributed by atoms with E-state index in [0.717, 1.165) is 19.3 Å². The van der Waals surface area contributed by atoms with Gasteiger partial charge < -0.3 is 5.32 Å². The van der Waals surface area contributed by atoms with E-state index in [0.29, 0.717) is 17.3 Å². The van der Waals surface area contributed by atoms with E-state index >= 15 is 0 Å². The fourth-order valence-electron chi connectivity index (χ4n) is 3.74. The molecule has 26 heavy (non-hydrogen) atoms. The molecular weight excluding hydrogens is 329 g/mol. The fraction of sp³-hybridized carbons (Fsp3) is 0.238. The van der Waals surface area contributed by atoms with Crippen LogP contribution in [0.15, 0.2) is 67.1 Å². The monoisotopic (exact) mass is 349 g/mol. The number of nitrogens with one attached hydrogen (secondary N) is 1. The molecule has 1 amide bonds. The highest BCUT2D eigenvalue weighted by molar-refractivity contribution is 5.93. The summed E-state index contributed by atoms with van der Waals surface area (Å²) in [5, 5.41) is 3.18. The van der Waals surface area contributed by atoms with Crippen molar-refractivity contribution in [1.29, 1.82) is 0 Å². The number of imidazole rings is 1. The molecule has 0 aliphatic heterocycles. The second-order valence-electron chi connectivity index (χ2n) is 6.65. The van der Waals surface area contributed by atoms with Crippen LogP contribution in [-0.2, 0) is 0 Å². The third-order valence-electron chi connectivity index (χ3n) is 5.04. The smallest absolute Gasteiger partial charge is 0.270 e. The van der Waals surface area contributed by atoms with E-state index in [2.05, 4.69) is 22.4 Å². The van der Waals surface area contributed by atoms with Crippen LogP contribution in [0.25, 0.3) is 5.69 Å². The maximum Gasteiger partial charge on any atom is 0.270 e. The summed E-state index contributed by atoms with van der Waals surface area (Å²) in [6, 6.07) is 16.5. The molecule has 4 nitrogen and oxygen atoms in total. The van der Waals surface area contributed by atoms with Crippen molar-refractivity contribution in [1.82, 2.24) is 14.9 Å². The van der Waals surface area contributed by atoms with Crippen molar-refractivity contribution < 1.29 is 9.18 Å². The molecule has 1 N–H and O–H groups in total. The Morgan fingerprint density at radius 2 is 1.85 bits per heavy atom. The van der Waals surface area contributed by atoms with Gasteiger partial charge in [0.05, 0.1) is 12.5 Å². The molecule has 0 radical (unpaired) electrons. The summed E-state index contributed by atoms with van der Waals surface area (Å²) < 4.78 is 14.8. The lowest BCUT2D eigenvalue weighted by Crippen LogP contribution is -2.37. The molecule has 0 unspecified atom stereocenters. The van der Waals surface area contributed by atoms with E-state index in [9.17, 15) is 9.18 Å². The summed E-state index contributed by atoms with van der Waals surface area (Å²) in [5.74, 6) is -0.126. The van der Waals surface area contributed by atoms with Gasteiger partial charge in [-0.2, -0.15) is 0 Å². The first kappa shape index (κ1) is 16.5. The largest absolute Gasteiger partial charge is 0.347 e. The third-order valence-corrected chi connectivity index (χ3v) is 5.04. The van der Waals surface area contributed by atoms with Crippen molar-refractivity contribution in [2.75, 3.05) is 0 Å². The second kappa shape index (κ2) is 7.12. The molecule has 0 spiro atoms. The van der Waals surface area contributed by atoms with Crippen LogP contribution in [-0.4, -0.2) is 21.5 Å². The maximum absolute atomic E-state index is 13.2. The Balaban J connectivity index is 1.54. The van der Waals surface area contributed by atoms with E-state index in [1.165, 1.54) is 17.7 Å². The Bertz CT molecular complexity index is 889. The zero-order valence-corrected chi connectivity index (χ0v) is 14.3. The van der Waals surface area contributed by atoms with E-state index in [1.54, 1.807) is 29.2 Å². The third kappa shape index (κ3) is 3.25. The first-order valence-corrected chi connectivity index (χ1v) is 8.86. The second-order valence-corrected chi connectivity index (χ2v) is 6.65. The summed E-state index contributed by atoms with van der Waals surface area (Å²) in [6.45, 7) is 0. The highest BCUT2D eigenvalue weighted by Gasteiger charge is 2.30. The first-order valence-electron chi connectivity index (χ1n) is 8.86. The zero-order valence-electron chi connectivity index (χ0n) is 14.3. The first-order chi connectivity index (χ1) is 12.7. The van der Waals surface area contributed by atoms with Crippen molar-refractivity contribution in [3.8, 4) is 5.69 Å². The number of carbonyl (C=O) groups is 1. The van der Waals surface area contributed by atoms with Crippen molar-refractivity contribution >= 4 is 5.91 Å². The molecular formula is C21H20FN3O. The van der Waals surface area contributed by atoms with Crippen LogP contribution in [0.2, 0.25) is 0 Å². The van der Waals surface area contributed by atoms with Crippen molar-refractivity contribution in [2.45, 2.75) is 31.2 Å². The van der Waals surface area contributed by atoms with E-state index < -0.39 is 0 Å². The van der Waals surface area contributed by atoms with Crippen molar-refractivity contribution in [3.63, 3.8) is 0 Å². The van der Waals surface area contributed by atoms with Gasteiger partial charge in [-0.25, -0.2) is 9.37 Å². The SMILES string of the molecule is O=C(N[C@H]1CCC[C@H]1c1ccccc1)c1cncn1-c1ccc(F)cc1. The normalized spacial score (nSPS) is 19.4. The van der Waals surface area contributed by atoms with Gasteiger partial charge in [0.25, 0.3) is 5.91 Å². The molecule has 2 atom stereocenters. The molecule has 1 saturated carbocycles. The van der Waals surface area contributed by atoms with Crippen LogP contribution < -0.4 is 5.32 Å². The quantitative estimate of drug-likeness (QED) is 0.771. The molecule has 2 aromatic carbocycles. The van der Waals surface area contributed by atoms with Gasteiger partial charge in [-0.05, 0) is 42.7 Å². The van der Waals surface area contributed by atoms with Crippen molar-refractivity contribution in [3.05, 3.63) is 84.2 Å². The number of nitrogens with zero attached hydrogens (tertiary/aromatic N) is 2. The molecule has 1 aliphatic carbocycles. The molecule has 4 rings (SSSR count). The lowest BCUT2D eigenvalue weighted by atomic mass is 9.94. The Kier molecular flexibility index (Phi) is 4.52. The van der Waals surface area contributed by atoms with E-state index in [-0.39, 0.29) is 17.8 Å². The summed E-state index contributed by atoms with van der Waals surface area (Å²) >= 11 is 0. The molecule has 0 saturated heterocycles. The lowest BCUT2D eigenvalue weighted by Gasteiger charge is -2.21. The number of carbonyl (C=O) groups excluding carboxylic acids is 1. The molecule has 3 aromatic rings. The summed E-state index contributed by atoms with van der Waals surface area (Å²) in [7, 11) is 0. The lowest BCUT2D eigenvalue weighted by molar-refractivity contribution is 0.0927. The van der Waals surface area contributed by atoms with Crippen LogP contribution in [0.1, 0.15) is 41.2 Å². The fourth-order valence-corrected chi connectivity index (χ4v) is 3.74. The minimum Gasteiger partial charge on any atom is -0.347 e. The van der Waals surface area contributed by atoms with Crippen LogP contribution in [0.4, 0.5) is 4.39 Å². The molecule has 1 fully saturated rings. The molecule has 132 valence electrons. The standard InChI is InChI=1S/C21H20FN3O/c22-16-9-11-17(12-10-16)25-14-23-13-20(25)21(26)24-19-8-4-7-18(19)15-5-2-1-3-6-15/h1-3,5-6,9-14,18-19H,4,7-8H2,(H,24,26)/t18-,19-/m0/s1. The number of amides is 1. The highest BCUT2D eigenvalue weighted by Crippen LogP contribution is 2.34. The van der Waals surface area contributed by atoms with Gasteiger partial charge in [0.1, 0.15) is 11.5 Å². The summed E-state index contributed by atoms with van der Waals surface area (Å²) in [6.07, 6.45) is 6.26. The van der Waals surface area contributed by atoms with Gasteiger partial charge >= 0.3 is 0 Å². The Morgan fingerprint density at radius 3 is 2.62 bits per heavy atom. The van der Waals surface area contributed by atoms with Gasteiger partial charge in [0.15, 0.2) is 0 Å².